The van der Waals surface area contributed by atoms with Crippen molar-refractivity contribution in [3.8, 4) is 0 Å². The first-order valence-electron chi connectivity index (χ1n) is 6.28. The monoisotopic (exact) mass is 368 g/mol. The van der Waals surface area contributed by atoms with Crippen LogP contribution in [0.25, 0.3) is 10.9 Å². The van der Waals surface area contributed by atoms with Gasteiger partial charge in [0.05, 0.1) is 5.52 Å². The largest absolute Gasteiger partial charge is 0.356 e. The second-order valence-electron chi connectivity index (χ2n) is 4.39. The number of guanidine groups is 1. The van der Waals surface area contributed by atoms with Crippen LogP contribution in [0.15, 0.2) is 41.5 Å². The second kappa shape index (κ2) is 6.70. The van der Waals surface area contributed by atoms with Gasteiger partial charge in [-0.25, -0.2) is 0 Å². The van der Waals surface area contributed by atoms with Gasteiger partial charge in [0.15, 0.2) is 5.96 Å². The van der Waals surface area contributed by atoms with Crippen LogP contribution in [0.2, 0.25) is 0 Å². The first-order chi connectivity index (χ1) is 8.92. The molecular formula is C14H17IN4. The van der Waals surface area contributed by atoms with Crippen molar-refractivity contribution >= 4 is 40.8 Å². The number of hydrogen-bond donors (Lipinski definition) is 2. The SMILES string of the molecule is I.c1cnc2ccc(CNC3=NCCCN3)cc2c1. The molecule has 19 heavy (non-hydrogen) atoms. The van der Waals surface area contributed by atoms with Crippen molar-refractivity contribution in [1.29, 1.82) is 0 Å². The van der Waals surface area contributed by atoms with Gasteiger partial charge in [-0.2, -0.15) is 0 Å². The number of benzene rings is 1. The molecular weight excluding hydrogens is 351 g/mol. The first kappa shape index (κ1) is 14.0. The van der Waals surface area contributed by atoms with E-state index in [9.17, 15) is 0 Å². The van der Waals surface area contributed by atoms with Gasteiger partial charge in [0.25, 0.3) is 0 Å². The van der Waals surface area contributed by atoms with E-state index in [2.05, 4.69) is 44.9 Å². The van der Waals surface area contributed by atoms with Crippen LogP contribution in [0, 0.1) is 0 Å². The molecule has 1 aliphatic rings. The van der Waals surface area contributed by atoms with Crippen LogP contribution in [0.5, 0.6) is 0 Å². The van der Waals surface area contributed by atoms with Gasteiger partial charge < -0.3 is 10.6 Å². The zero-order valence-corrected chi connectivity index (χ0v) is 12.9. The fourth-order valence-electron chi connectivity index (χ4n) is 2.07. The molecule has 0 fully saturated rings. The van der Waals surface area contributed by atoms with Gasteiger partial charge >= 0.3 is 0 Å². The molecule has 2 aromatic rings. The molecule has 0 spiro atoms. The number of rotatable bonds is 2. The van der Waals surface area contributed by atoms with E-state index in [4.69, 9.17) is 0 Å². The van der Waals surface area contributed by atoms with Crippen LogP contribution in [0.4, 0.5) is 0 Å². The lowest BCUT2D eigenvalue weighted by molar-refractivity contribution is 0.702. The van der Waals surface area contributed by atoms with Gasteiger partial charge in [-0.1, -0.05) is 12.1 Å². The Labute approximate surface area is 129 Å². The first-order valence-corrected chi connectivity index (χ1v) is 6.28. The van der Waals surface area contributed by atoms with Crippen molar-refractivity contribution in [2.24, 2.45) is 4.99 Å². The van der Waals surface area contributed by atoms with Gasteiger partial charge in [-0.15, -0.1) is 24.0 Å². The third-order valence-electron chi connectivity index (χ3n) is 3.02. The van der Waals surface area contributed by atoms with Gasteiger partial charge in [0.1, 0.15) is 0 Å². The molecule has 1 aromatic heterocycles. The fraction of sp³-hybridized carbons (Fsp3) is 0.286. The van der Waals surface area contributed by atoms with Crippen molar-refractivity contribution in [1.82, 2.24) is 15.6 Å². The molecule has 2 N–H and O–H groups in total. The molecule has 0 saturated heterocycles. The molecule has 0 unspecified atom stereocenters. The highest BCUT2D eigenvalue weighted by molar-refractivity contribution is 14.0. The molecule has 0 radical (unpaired) electrons. The predicted molar refractivity (Wildman–Crippen MR) is 88.9 cm³/mol. The summed E-state index contributed by atoms with van der Waals surface area (Å²) in [4.78, 5) is 8.70. The number of nitrogens with one attached hydrogen (secondary N) is 2. The van der Waals surface area contributed by atoms with E-state index < -0.39 is 0 Å². The van der Waals surface area contributed by atoms with Crippen LogP contribution in [0.3, 0.4) is 0 Å². The average Bonchev–Trinajstić information content (AvgIpc) is 2.46. The second-order valence-corrected chi connectivity index (χ2v) is 4.39. The van der Waals surface area contributed by atoms with Crippen LogP contribution in [-0.4, -0.2) is 24.0 Å². The molecule has 4 nitrogen and oxygen atoms in total. The minimum absolute atomic E-state index is 0. The van der Waals surface area contributed by atoms with Crippen molar-refractivity contribution < 1.29 is 0 Å². The Hall–Kier alpha value is -1.37. The van der Waals surface area contributed by atoms with E-state index in [-0.39, 0.29) is 24.0 Å². The van der Waals surface area contributed by atoms with Gasteiger partial charge in [0.2, 0.25) is 0 Å². The topological polar surface area (TPSA) is 49.3 Å². The minimum atomic E-state index is 0. The summed E-state index contributed by atoms with van der Waals surface area (Å²) in [5, 5.41) is 7.75. The normalized spacial score (nSPS) is 14.2. The summed E-state index contributed by atoms with van der Waals surface area (Å²) in [6, 6.07) is 10.4. The molecule has 1 aromatic carbocycles. The summed E-state index contributed by atoms with van der Waals surface area (Å²) in [5.74, 6) is 0.910. The van der Waals surface area contributed by atoms with E-state index in [1.54, 1.807) is 0 Å². The smallest absolute Gasteiger partial charge is 0.191 e. The van der Waals surface area contributed by atoms with E-state index >= 15 is 0 Å². The Balaban J connectivity index is 0.00000133. The summed E-state index contributed by atoms with van der Waals surface area (Å²) in [7, 11) is 0. The Morgan fingerprint density at radius 1 is 1.26 bits per heavy atom. The Morgan fingerprint density at radius 2 is 2.21 bits per heavy atom. The quantitative estimate of drug-likeness (QED) is 0.800. The third-order valence-corrected chi connectivity index (χ3v) is 3.02. The van der Waals surface area contributed by atoms with Gasteiger partial charge in [-0.05, 0) is 30.2 Å². The lowest BCUT2D eigenvalue weighted by Crippen LogP contribution is -2.40. The van der Waals surface area contributed by atoms with E-state index in [0.29, 0.717) is 0 Å². The summed E-state index contributed by atoms with van der Waals surface area (Å²) in [6.07, 6.45) is 2.94. The summed E-state index contributed by atoms with van der Waals surface area (Å²) in [6.45, 7) is 2.71. The highest BCUT2D eigenvalue weighted by Crippen LogP contribution is 2.13. The van der Waals surface area contributed by atoms with Crippen molar-refractivity contribution in [3.63, 3.8) is 0 Å². The summed E-state index contributed by atoms with van der Waals surface area (Å²) < 4.78 is 0. The number of pyridine rings is 1. The molecule has 0 atom stereocenters. The fourth-order valence-corrected chi connectivity index (χ4v) is 2.07. The Morgan fingerprint density at radius 3 is 3.05 bits per heavy atom. The average molecular weight is 368 g/mol. The lowest BCUT2D eigenvalue weighted by atomic mass is 10.1. The highest BCUT2D eigenvalue weighted by Gasteiger charge is 2.03. The number of hydrogen-bond acceptors (Lipinski definition) is 4. The number of aromatic nitrogens is 1. The highest BCUT2D eigenvalue weighted by atomic mass is 127. The maximum atomic E-state index is 4.39. The predicted octanol–water partition coefficient (Wildman–Crippen LogP) is 2.29. The lowest BCUT2D eigenvalue weighted by Gasteiger charge is -2.16. The molecule has 0 aliphatic carbocycles. The maximum absolute atomic E-state index is 4.39. The number of halogens is 1. The Bertz CT molecular complexity index is 582. The van der Waals surface area contributed by atoms with Crippen LogP contribution in [-0.2, 0) is 6.54 Å². The van der Waals surface area contributed by atoms with Crippen molar-refractivity contribution in [2.45, 2.75) is 13.0 Å². The van der Waals surface area contributed by atoms with Gasteiger partial charge in [-0.3, -0.25) is 9.98 Å². The maximum Gasteiger partial charge on any atom is 0.191 e. The molecule has 2 heterocycles. The molecule has 3 rings (SSSR count). The zero-order chi connectivity index (χ0) is 12.2. The van der Waals surface area contributed by atoms with Crippen LogP contribution < -0.4 is 10.6 Å². The van der Waals surface area contributed by atoms with Gasteiger partial charge in [0, 0.05) is 31.2 Å². The molecule has 0 bridgehead atoms. The molecule has 1 aliphatic heterocycles. The Kier molecular flexibility index (Phi) is 4.95. The minimum Gasteiger partial charge on any atom is -0.356 e. The molecule has 0 saturated carbocycles. The summed E-state index contributed by atoms with van der Waals surface area (Å²) in [5.41, 5.74) is 2.28. The number of nitrogens with zero attached hydrogens (tertiary/aromatic N) is 2. The van der Waals surface area contributed by atoms with Crippen molar-refractivity contribution in [2.75, 3.05) is 13.1 Å². The van der Waals surface area contributed by atoms with Crippen molar-refractivity contribution in [3.05, 3.63) is 42.1 Å². The van der Waals surface area contributed by atoms with Crippen LogP contribution >= 0.6 is 24.0 Å². The molecule has 0 amide bonds. The van der Waals surface area contributed by atoms with E-state index in [0.717, 1.165) is 37.5 Å². The number of fused-ring (bicyclic) bond motifs is 1. The zero-order valence-electron chi connectivity index (χ0n) is 10.6. The van der Waals surface area contributed by atoms with E-state index in [1.165, 1.54) is 10.9 Å². The van der Waals surface area contributed by atoms with E-state index in [1.807, 2.05) is 12.3 Å². The molecule has 5 heteroatoms. The number of aliphatic imine (C=N–C) groups is 1. The molecule has 100 valence electrons. The summed E-state index contributed by atoms with van der Waals surface area (Å²) >= 11 is 0. The third kappa shape index (κ3) is 3.56. The standard InChI is InChI=1S/C14H16N4.HI/c1-3-12-9-11(4-5-13(12)15-6-1)10-18-14-16-7-2-8-17-14;/h1,3-6,9H,2,7-8,10H2,(H2,16,17,18);1H. The van der Waals surface area contributed by atoms with Crippen LogP contribution in [0.1, 0.15) is 12.0 Å².